The minimum atomic E-state index is -2.61. The number of hydrogen-bond acceptors (Lipinski definition) is 4. The number of piperazine rings is 1. The normalized spacial score (nSPS) is 28.2. The number of piperidine rings is 2. The molecule has 0 aromatic rings. The zero-order valence-corrected chi connectivity index (χ0v) is 18.6. The summed E-state index contributed by atoms with van der Waals surface area (Å²) in [6.07, 6.45) is 3.18. The van der Waals surface area contributed by atoms with Gasteiger partial charge in [-0.05, 0) is 44.2 Å². The van der Waals surface area contributed by atoms with Gasteiger partial charge in [0.25, 0.3) is 5.92 Å². The Morgan fingerprint density at radius 2 is 1.62 bits per heavy atom. The van der Waals surface area contributed by atoms with E-state index < -0.39 is 12.0 Å². The molecule has 0 aliphatic carbocycles. The van der Waals surface area contributed by atoms with Crippen molar-refractivity contribution in [2.45, 2.75) is 58.4 Å². The third-order valence-corrected chi connectivity index (χ3v) is 6.90. The highest BCUT2D eigenvalue weighted by Gasteiger charge is 2.47. The molecule has 0 radical (unpaired) electrons. The second kappa shape index (κ2) is 10.0. The monoisotopic (exact) mass is 414 g/mol. The van der Waals surface area contributed by atoms with Crippen molar-refractivity contribution in [1.82, 2.24) is 19.6 Å². The number of amides is 1. The van der Waals surface area contributed by atoms with E-state index in [1.807, 2.05) is 16.7 Å². The number of likely N-dealkylation sites (tertiary alicyclic amines) is 2. The van der Waals surface area contributed by atoms with Crippen LogP contribution in [0.15, 0.2) is 0 Å². The van der Waals surface area contributed by atoms with E-state index in [1.165, 1.54) is 0 Å². The van der Waals surface area contributed by atoms with E-state index in [0.29, 0.717) is 24.7 Å². The SMILES string of the molecule is CCC(=O)N1CCN(CC2CCN(C3CCN(CC(C)C)CC3(F)F)CC2)CC1. The Bertz CT molecular complexity index is 529. The molecule has 0 aromatic heterocycles. The molecule has 0 spiro atoms. The molecule has 3 heterocycles. The number of nitrogens with zero attached hydrogens (tertiary/aromatic N) is 4. The van der Waals surface area contributed by atoms with Crippen molar-refractivity contribution in [3.63, 3.8) is 0 Å². The van der Waals surface area contributed by atoms with Crippen LogP contribution in [0.25, 0.3) is 0 Å². The van der Waals surface area contributed by atoms with Gasteiger partial charge in [-0.25, -0.2) is 8.78 Å². The van der Waals surface area contributed by atoms with Crippen LogP contribution in [0, 0.1) is 11.8 Å². The van der Waals surface area contributed by atoms with Crippen molar-refractivity contribution in [1.29, 1.82) is 0 Å². The van der Waals surface area contributed by atoms with Crippen LogP contribution >= 0.6 is 0 Å². The summed E-state index contributed by atoms with van der Waals surface area (Å²) in [5, 5.41) is 0. The predicted octanol–water partition coefficient (Wildman–Crippen LogP) is 2.62. The van der Waals surface area contributed by atoms with Crippen LogP contribution in [0.5, 0.6) is 0 Å². The van der Waals surface area contributed by atoms with Gasteiger partial charge in [0.15, 0.2) is 0 Å². The molecule has 7 heteroatoms. The lowest BCUT2D eigenvalue weighted by Crippen LogP contribution is -2.60. The van der Waals surface area contributed by atoms with Crippen LogP contribution in [0.2, 0.25) is 0 Å². The number of carbonyl (C=O) groups excluding carboxylic acids is 1. The first-order valence-electron chi connectivity index (χ1n) is 11.6. The quantitative estimate of drug-likeness (QED) is 0.668. The van der Waals surface area contributed by atoms with Crippen LogP contribution in [-0.2, 0) is 4.79 Å². The number of carbonyl (C=O) groups is 1. The molecule has 1 amide bonds. The highest BCUT2D eigenvalue weighted by molar-refractivity contribution is 5.75. The molecule has 0 aromatic carbocycles. The molecule has 1 unspecified atom stereocenters. The summed E-state index contributed by atoms with van der Waals surface area (Å²) in [4.78, 5) is 20.2. The molecule has 3 saturated heterocycles. The van der Waals surface area contributed by atoms with Gasteiger partial charge in [-0.1, -0.05) is 20.8 Å². The summed E-state index contributed by atoms with van der Waals surface area (Å²) >= 11 is 0. The second-order valence-corrected chi connectivity index (χ2v) is 9.71. The van der Waals surface area contributed by atoms with Crippen LogP contribution in [0.4, 0.5) is 8.78 Å². The molecule has 3 rings (SSSR count). The highest BCUT2D eigenvalue weighted by Crippen LogP contribution is 2.34. The lowest BCUT2D eigenvalue weighted by molar-refractivity contribution is -0.135. The zero-order chi connectivity index (χ0) is 21.0. The minimum absolute atomic E-state index is 0.0868. The van der Waals surface area contributed by atoms with Gasteiger partial charge in [0.2, 0.25) is 5.91 Å². The molecule has 3 aliphatic heterocycles. The van der Waals surface area contributed by atoms with Crippen molar-refractivity contribution in [3.8, 4) is 0 Å². The van der Waals surface area contributed by atoms with Gasteiger partial charge in [0.05, 0.1) is 12.6 Å². The van der Waals surface area contributed by atoms with Gasteiger partial charge < -0.3 is 4.90 Å². The largest absolute Gasteiger partial charge is 0.340 e. The van der Waals surface area contributed by atoms with Gasteiger partial charge in [-0.2, -0.15) is 0 Å². The van der Waals surface area contributed by atoms with Gasteiger partial charge in [0, 0.05) is 52.2 Å². The zero-order valence-electron chi connectivity index (χ0n) is 18.6. The Morgan fingerprint density at radius 1 is 0.966 bits per heavy atom. The first-order chi connectivity index (χ1) is 13.8. The van der Waals surface area contributed by atoms with E-state index in [4.69, 9.17) is 0 Å². The summed E-state index contributed by atoms with van der Waals surface area (Å²) in [6.45, 7) is 13.7. The van der Waals surface area contributed by atoms with Crippen molar-refractivity contribution >= 4 is 5.91 Å². The van der Waals surface area contributed by atoms with Crippen molar-refractivity contribution in [3.05, 3.63) is 0 Å². The van der Waals surface area contributed by atoms with Crippen LogP contribution in [0.3, 0.4) is 0 Å². The molecule has 3 fully saturated rings. The molecule has 0 bridgehead atoms. The number of alkyl halides is 2. The fourth-order valence-corrected chi connectivity index (χ4v) is 5.34. The lowest BCUT2D eigenvalue weighted by atomic mass is 9.91. The molecule has 1 atom stereocenters. The molecule has 5 nitrogen and oxygen atoms in total. The fourth-order valence-electron chi connectivity index (χ4n) is 5.34. The summed E-state index contributed by atoms with van der Waals surface area (Å²) in [5.74, 6) is -1.34. The Kier molecular flexibility index (Phi) is 7.90. The number of hydrogen-bond donors (Lipinski definition) is 0. The van der Waals surface area contributed by atoms with Gasteiger partial charge in [0.1, 0.15) is 0 Å². The summed E-state index contributed by atoms with van der Waals surface area (Å²) in [6, 6.07) is -0.588. The van der Waals surface area contributed by atoms with Crippen LogP contribution < -0.4 is 0 Å². The van der Waals surface area contributed by atoms with Gasteiger partial charge >= 0.3 is 0 Å². The standard InChI is InChI=1S/C22H40F2N4O/c1-4-21(29)28-13-11-25(12-14-28)16-19-5-9-27(10-6-19)20-7-8-26(15-18(2)3)17-22(20,23)24/h18-20H,4-17H2,1-3H3. The smallest absolute Gasteiger partial charge is 0.275 e. The molecule has 0 saturated carbocycles. The number of rotatable bonds is 6. The first kappa shape index (κ1) is 22.9. The van der Waals surface area contributed by atoms with Crippen molar-refractivity contribution in [2.75, 3.05) is 65.4 Å². The first-order valence-corrected chi connectivity index (χ1v) is 11.6. The summed E-state index contributed by atoms with van der Waals surface area (Å²) < 4.78 is 29.7. The van der Waals surface area contributed by atoms with Crippen LogP contribution in [-0.4, -0.2) is 103 Å². The van der Waals surface area contributed by atoms with E-state index >= 15 is 0 Å². The third kappa shape index (κ3) is 6.11. The lowest BCUT2D eigenvalue weighted by Gasteiger charge is -2.46. The van der Waals surface area contributed by atoms with E-state index in [1.54, 1.807) is 0 Å². The average molecular weight is 415 g/mol. The molecule has 3 aliphatic rings. The molecular weight excluding hydrogens is 374 g/mol. The Balaban J connectivity index is 1.41. The van der Waals surface area contributed by atoms with E-state index in [9.17, 15) is 13.6 Å². The fraction of sp³-hybridized carbons (Fsp3) is 0.955. The Morgan fingerprint density at radius 3 is 2.17 bits per heavy atom. The third-order valence-electron chi connectivity index (χ3n) is 6.90. The van der Waals surface area contributed by atoms with Crippen LogP contribution in [0.1, 0.15) is 46.5 Å². The summed E-state index contributed by atoms with van der Waals surface area (Å²) in [5.41, 5.74) is 0. The maximum absolute atomic E-state index is 14.8. The highest BCUT2D eigenvalue weighted by atomic mass is 19.3. The van der Waals surface area contributed by atoms with Gasteiger partial charge in [-0.3, -0.25) is 19.5 Å². The van der Waals surface area contributed by atoms with Gasteiger partial charge in [-0.15, -0.1) is 0 Å². The Labute approximate surface area is 175 Å². The molecule has 168 valence electrons. The molecule has 29 heavy (non-hydrogen) atoms. The predicted molar refractivity (Wildman–Crippen MR) is 112 cm³/mol. The maximum Gasteiger partial charge on any atom is 0.275 e. The van der Waals surface area contributed by atoms with E-state index in [0.717, 1.165) is 71.7 Å². The number of halogens is 2. The molecular formula is C22H40F2N4O. The van der Waals surface area contributed by atoms with Crippen molar-refractivity contribution < 1.29 is 13.6 Å². The average Bonchev–Trinajstić information content (AvgIpc) is 2.68. The molecule has 0 N–H and O–H groups in total. The maximum atomic E-state index is 14.8. The van der Waals surface area contributed by atoms with E-state index in [-0.39, 0.29) is 12.5 Å². The second-order valence-electron chi connectivity index (χ2n) is 9.71. The summed E-state index contributed by atoms with van der Waals surface area (Å²) in [7, 11) is 0. The topological polar surface area (TPSA) is 30.0 Å². The Hall–Kier alpha value is -0.790. The van der Waals surface area contributed by atoms with E-state index in [2.05, 4.69) is 23.6 Å². The minimum Gasteiger partial charge on any atom is -0.340 e. The van der Waals surface area contributed by atoms with Crippen molar-refractivity contribution in [2.24, 2.45) is 11.8 Å².